The van der Waals surface area contributed by atoms with Gasteiger partial charge in [-0.3, -0.25) is 5.43 Å². The number of benzene rings is 2. The summed E-state index contributed by atoms with van der Waals surface area (Å²) < 4.78 is 5.65. The summed E-state index contributed by atoms with van der Waals surface area (Å²) in [4.78, 5) is 0. The number of ether oxygens (including phenoxy) is 1. The van der Waals surface area contributed by atoms with E-state index in [9.17, 15) is 0 Å². The summed E-state index contributed by atoms with van der Waals surface area (Å²) in [5, 5.41) is 5.23. The van der Waals surface area contributed by atoms with Crippen LogP contribution in [0.3, 0.4) is 0 Å². The van der Waals surface area contributed by atoms with Gasteiger partial charge in [0, 0.05) is 17.0 Å². The molecule has 0 bridgehead atoms. The number of anilines is 1. The highest BCUT2D eigenvalue weighted by molar-refractivity contribution is 6.30. The first-order valence-corrected chi connectivity index (χ1v) is 6.92. The van der Waals surface area contributed by atoms with E-state index in [-0.39, 0.29) is 0 Å². The van der Waals surface area contributed by atoms with E-state index in [1.54, 1.807) is 0 Å². The molecule has 3 rings (SSSR count). The van der Waals surface area contributed by atoms with Gasteiger partial charge >= 0.3 is 0 Å². The van der Waals surface area contributed by atoms with Crippen LogP contribution in [0, 0.1) is 6.92 Å². The topological polar surface area (TPSA) is 33.6 Å². The Morgan fingerprint density at radius 3 is 2.75 bits per heavy atom. The summed E-state index contributed by atoms with van der Waals surface area (Å²) in [6, 6.07) is 13.6. The molecule has 0 spiro atoms. The third-order valence-corrected chi connectivity index (χ3v) is 3.46. The van der Waals surface area contributed by atoms with Crippen LogP contribution in [0.5, 0.6) is 5.75 Å². The molecule has 1 heterocycles. The maximum atomic E-state index is 5.86. The monoisotopic (exact) mass is 286 g/mol. The summed E-state index contributed by atoms with van der Waals surface area (Å²) in [5.74, 6) is 0.901. The summed E-state index contributed by atoms with van der Waals surface area (Å²) in [7, 11) is 0. The first-order chi connectivity index (χ1) is 9.72. The van der Waals surface area contributed by atoms with Crippen molar-refractivity contribution in [3.05, 3.63) is 58.6 Å². The molecule has 0 unspecified atom stereocenters. The predicted octanol–water partition coefficient (Wildman–Crippen LogP) is 4.25. The summed E-state index contributed by atoms with van der Waals surface area (Å²) in [6.07, 6.45) is 0.803. The maximum Gasteiger partial charge on any atom is 0.128 e. The van der Waals surface area contributed by atoms with Gasteiger partial charge in [-0.25, -0.2) is 0 Å². The van der Waals surface area contributed by atoms with Crippen molar-refractivity contribution < 1.29 is 4.74 Å². The zero-order chi connectivity index (χ0) is 13.9. The second-order valence-corrected chi connectivity index (χ2v) is 5.21. The molecule has 2 aromatic rings. The van der Waals surface area contributed by atoms with Gasteiger partial charge in [-0.2, -0.15) is 5.10 Å². The zero-order valence-electron chi connectivity index (χ0n) is 11.2. The lowest BCUT2D eigenvalue weighted by molar-refractivity contribution is 0.320. The van der Waals surface area contributed by atoms with Gasteiger partial charge in [-0.05, 0) is 43.3 Å². The van der Waals surface area contributed by atoms with Gasteiger partial charge in [-0.1, -0.05) is 23.2 Å². The number of fused-ring (bicyclic) bond motifs is 1. The Bertz CT molecular complexity index is 650. The first-order valence-electron chi connectivity index (χ1n) is 6.54. The van der Waals surface area contributed by atoms with Crippen molar-refractivity contribution in [1.29, 1.82) is 0 Å². The zero-order valence-corrected chi connectivity index (χ0v) is 11.9. The van der Waals surface area contributed by atoms with E-state index in [4.69, 9.17) is 16.3 Å². The summed E-state index contributed by atoms with van der Waals surface area (Å²) >= 11 is 5.86. The number of nitrogens with one attached hydrogen (secondary N) is 1. The number of hydrogen-bond acceptors (Lipinski definition) is 3. The molecule has 1 aliphatic rings. The lowest BCUT2D eigenvalue weighted by atomic mass is 10.0. The number of nitrogens with zero attached hydrogens (tertiary/aromatic N) is 1. The third-order valence-electron chi connectivity index (χ3n) is 3.21. The molecule has 0 aliphatic carbocycles. The molecule has 0 saturated carbocycles. The lowest BCUT2D eigenvalue weighted by Gasteiger charge is -2.19. The van der Waals surface area contributed by atoms with Crippen LogP contribution in [0.4, 0.5) is 5.69 Å². The van der Waals surface area contributed by atoms with Crippen molar-refractivity contribution in [1.82, 2.24) is 0 Å². The smallest absolute Gasteiger partial charge is 0.128 e. The molecule has 0 amide bonds. The molecule has 4 heteroatoms. The van der Waals surface area contributed by atoms with Crippen LogP contribution in [0.2, 0.25) is 5.02 Å². The van der Waals surface area contributed by atoms with Crippen molar-refractivity contribution in [3.8, 4) is 5.75 Å². The van der Waals surface area contributed by atoms with Crippen molar-refractivity contribution in [3.63, 3.8) is 0 Å². The van der Waals surface area contributed by atoms with Crippen LogP contribution < -0.4 is 10.2 Å². The van der Waals surface area contributed by atoms with E-state index < -0.39 is 0 Å². The predicted molar refractivity (Wildman–Crippen MR) is 82.9 cm³/mol. The van der Waals surface area contributed by atoms with Crippen LogP contribution in [0.1, 0.15) is 17.5 Å². The van der Waals surface area contributed by atoms with Gasteiger partial charge in [0.2, 0.25) is 0 Å². The van der Waals surface area contributed by atoms with E-state index in [2.05, 4.69) is 23.5 Å². The quantitative estimate of drug-likeness (QED) is 0.838. The van der Waals surface area contributed by atoms with E-state index in [0.717, 1.165) is 34.2 Å². The highest BCUT2D eigenvalue weighted by Gasteiger charge is 2.16. The van der Waals surface area contributed by atoms with E-state index in [0.29, 0.717) is 6.61 Å². The molecule has 2 aromatic carbocycles. The third kappa shape index (κ3) is 2.78. The molecular weight excluding hydrogens is 272 g/mol. The second kappa shape index (κ2) is 5.55. The number of halogens is 1. The highest BCUT2D eigenvalue weighted by atomic mass is 35.5. The maximum absolute atomic E-state index is 5.86. The Morgan fingerprint density at radius 2 is 1.95 bits per heavy atom. The molecular formula is C16H15ClN2O. The second-order valence-electron chi connectivity index (χ2n) is 4.78. The first kappa shape index (κ1) is 13.0. The van der Waals surface area contributed by atoms with E-state index in [1.807, 2.05) is 36.4 Å². The minimum Gasteiger partial charge on any atom is -0.492 e. The standard InChI is InChI=1S/C16H15ClN2O/c1-11-2-7-16-14(10-11)15(8-9-20-16)19-18-13-5-3-12(17)4-6-13/h2-7,10,18H,8-9H2,1H3/b19-15+. The molecule has 3 nitrogen and oxygen atoms in total. The van der Waals surface area contributed by atoms with Gasteiger partial charge in [0.1, 0.15) is 5.75 Å². The molecule has 1 aliphatic heterocycles. The van der Waals surface area contributed by atoms with Crippen LogP contribution in [0.15, 0.2) is 47.6 Å². The molecule has 0 saturated heterocycles. The van der Waals surface area contributed by atoms with Crippen LogP contribution in [0.25, 0.3) is 0 Å². The lowest BCUT2D eigenvalue weighted by Crippen LogP contribution is -2.17. The number of hydrogen-bond donors (Lipinski definition) is 1. The van der Waals surface area contributed by atoms with Crippen LogP contribution in [-0.4, -0.2) is 12.3 Å². The molecule has 0 aromatic heterocycles. The van der Waals surface area contributed by atoms with Gasteiger partial charge in [0.25, 0.3) is 0 Å². The Labute approximate surface area is 123 Å². The molecule has 1 N–H and O–H groups in total. The van der Waals surface area contributed by atoms with Crippen molar-refractivity contribution in [2.75, 3.05) is 12.0 Å². The van der Waals surface area contributed by atoms with E-state index >= 15 is 0 Å². The van der Waals surface area contributed by atoms with Gasteiger partial charge in [0.15, 0.2) is 0 Å². The number of aryl methyl sites for hydroxylation is 1. The fraction of sp³-hybridized carbons (Fsp3) is 0.188. The molecule has 0 atom stereocenters. The SMILES string of the molecule is Cc1ccc2c(c1)/C(=N/Nc1ccc(Cl)cc1)CCO2. The Hall–Kier alpha value is -2.00. The minimum atomic E-state index is 0.664. The highest BCUT2D eigenvalue weighted by Crippen LogP contribution is 2.26. The number of rotatable bonds is 2. The Balaban J connectivity index is 1.86. The van der Waals surface area contributed by atoms with Gasteiger partial charge in [0.05, 0.1) is 18.0 Å². The molecule has 102 valence electrons. The molecule has 0 fully saturated rings. The van der Waals surface area contributed by atoms with Crippen LogP contribution >= 0.6 is 11.6 Å². The number of hydrazone groups is 1. The van der Waals surface area contributed by atoms with Crippen molar-refractivity contribution in [2.24, 2.45) is 5.10 Å². The normalized spacial score (nSPS) is 15.6. The van der Waals surface area contributed by atoms with Crippen molar-refractivity contribution >= 4 is 23.0 Å². The minimum absolute atomic E-state index is 0.664. The average molecular weight is 287 g/mol. The Morgan fingerprint density at radius 1 is 1.15 bits per heavy atom. The largest absolute Gasteiger partial charge is 0.492 e. The average Bonchev–Trinajstić information content (AvgIpc) is 2.47. The van der Waals surface area contributed by atoms with E-state index in [1.165, 1.54) is 5.56 Å². The van der Waals surface area contributed by atoms with Crippen LogP contribution in [-0.2, 0) is 0 Å². The Kier molecular flexibility index (Phi) is 3.61. The fourth-order valence-electron chi connectivity index (χ4n) is 2.16. The van der Waals surface area contributed by atoms with Crippen molar-refractivity contribution in [2.45, 2.75) is 13.3 Å². The van der Waals surface area contributed by atoms with Gasteiger partial charge in [-0.15, -0.1) is 0 Å². The molecule has 0 radical (unpaired) electrons. The summed E-state index contributed by atoms with van der Waals surface area (Å²) in [5.41, 5.74) is 7.28. The summed E-state index contributed by atoms with van der Waals surface area (Å²) in [6.45, 7) is 2.73. The van der Waals surface area contributed by atoms with Gasteiger partial charge < -0.3 is 4.74 Å². The molecule has 20 heavy (non-hydrogen) atoms. The fourth-order valence-corrected chi connectivity index (χ4v) is 2.29.